The maximum absolute atomic E-state index is 13.0. The summed E-state index contributed by atoms with van der Waals surface area (Å²) in [5, 5.41) is 7.20. The predicted molar refractivity (Wildman–Crippen MR) is 198 cm³/mol. The largest absolute Gasteiger partial charge is 0.497 e. The molecule has 0 radical (unpaired) electrons. The molecule has 0 aliphatic heterocycles. The molecule has 4 fully saturated rings. The normalized spacial score (nSPS) is 39.5. The van der Waals surface area contributed by atoms with E-state index in [1.165, 1.54) is 56.9 Å². The van der Waals surface area contributed by atoms with Crippen LogP contribution in [0.3, 0.4) is 0 Å². The van der Waals surface area contributed by atoms with Crippen LogP contribution in [0.2, 0.25) is 0 Å². The Bertz CT molecular complexity index is 1360. The Hall–Kier alpha value is -1.06. The third kappa shape index (κ3) is 7.12. The second kappa shape index (κ2) is 14.6. The molecular weight excluding hydrogens is 658 g/mol. The molecule has 9 atom stereocenters. The minimum atomic E-state index is -4.21. The number of hydrogen-bond acceptors (Lipinski definition) is 5. The number of rotatable bonds is 15. The van der Waals surface area contributed by atoms with Crippen molar-refractivity contribution < 1.29 is 26.3 Å². The van der Waals surface area contributed by atoms with Gasteiger partial charge < -0.3 is 15.4 Å². The van der Waals surface area contributed by atoms with Crippen molar-refractivity contribution in [2.24, 2.45) is 56.7 Å². The molecule has 0 aromatic rings. The molecule has 0 bridgehead atoms. The molecule has 5 nitrogen and oxygen atoms in total. The Morgan fingerprint density at radius 1 is 0.940 bits per heavy atom. The molecule has 50 heavy (non-hydrogen) atoms. The monoisotopic (exact) mass is 726 g/mol. The molecule has 0 aromatic heterocycles. The van der Waals surface area contributed by atoms with Crippen molar-refractivity contribution in [2.75, 3.05) is 44.3 Å². The highest BCUT2D eigenvalue weighted by atomic mass is 32.2. The topological polar surface area (TPSA) is 67.4 Å². The fourth-order valence-corrected chi connectivity index (χ4v) is 14.8. The van der Waals surface area contributed by atoms with Gasteiger partial charge in [0.2, 0.25) is 0 Å². The fourth-order valence-electron chi connectivity index (χ4n) is 13.5. The first-order valence-corrected chi connectivity index (χ1v) is 21.8. The summed E-state index contributed by atoms with van der Waals surface area (Å²) < 4.78 is 69.1. The van der Waals surface area contributed by atoms with E-state index < -0.39 is 22.4 Å². The molecule has 0 saturated heterocycles. The summed E-state index contributed by atoms with van der Waals surface area (Å²) >= 11 is 0. The zero-order valence-corrected chi connectivity index (χ0v) is 33.2. The van der Waals surface area contributed by atoms with Gasteiger partial charge in [-0.05, 0) is 135 Å². The Balaban J connectivity index is 1.33. The quantitative estimate of drug-likeness (QED) is 0.130. The Labute approximate surface area is 302 Å². The number of nitrogens with one attached hydrogen (secondary N) is 2. The summed E-state index contributed by atoms with van der Waals surface area (Å²) in [4.78, 5) is 0. The van der Waals surface area contributed by atoms with Gasteiger partial charge in [-0.25, -0.2) is 8.42 Å². The van der Waals surface area contributed by atoms with E-state index in [2.05, 4.69) is 64.8 Å². The van der Waals surface area contributed by atoms with Crippen LogP contribution in [0.5, 0.6) is 0 Å². The van der Waals surface area contributed by atoms with Crippen LogP contribution in [-0.2, 0) is 14.6 Å². The van der Waals surface area contributed by atoms with Crippen LogP contribution in [0.25, 0.3) is 0 Å². The van der Waals surface area contributed by atoms with Gasteiger partial charge >= 0.3 is 6.18 Å². The van der Waals surface area contributed by atoms with Gasteiger partial charge in [0.1, 0.15) is 0 Å². The van der Waals surface area contributed by atoms with Crippen molar-refractivity contribution in [3.05, 3.63) is 24.0 Å². The van der Waals surface area contributed by atoms with Crippen molar-refractivity contribution in [1.29, 1.82) is 0 Å². The van der Waals surface area contributed by atoms with E-state index in [4.69, 9.17) is 4.74 Å². The second-order valence-electron chi connectivity index (χ2n) is 18.4. The van der Waals surface area contributed by atoms with E-state index in [9.17, 15) is 21.6 Å². The maximum Gasteiger partial charge on any atom is 0.392 e. The SMILES string of the molecule is C=C(C)[C@@H]1CC[C@]2(CNCCNCCS(=O)(=O)CCC)CC[C@]3(C)[C@H](CCC4[C@@]5(C)CC=C(OCCC(F)(F)F)C(C)(C)C5CC[C@]43CC)C12. The van der Waals surface area contributed by atoms with Crippen molar-refractivity contribution in [3.63, 3.8) is 0 Å². The lowest BCUT2D eigenvalue weighted by Crippen LogP contribution is -2.66. The number of allylic oxidation sites excluding steroid dienone is 3. The maximum atomic E-state index is 13.0. The van der Waals surface area contributed by atoms with Crippen LogP contribution in [0, 0.1) is 56.7 Å². The molecule has 288 valence electrons. The third-order valence-corrected chi connectivity index (χ3v) is 17.6. The molecule has 3 unspecified atom stereocenters. The van der Waals surface area contributed by atoms with Crippen LogP contribution in [0.4, 0.5) is 13.2 Å². The molecule has 4 saturated carbocycles. The summed E-state index contributed by atoms with van der Waals surface area (Å²) in [5.74, 6) is 4.02. The van der Waals surface area contributed by atoms with Crippen molar-refractivity contribution in [3.8, 4) is 0 Å². The zero-order valence-electron chi connectivity index (χ0n) is 32.4. The number of sulfone groups is 1. The van der Waals surface area contributed by atoms with E-state index in [0.29, 0.717) is 42.6 Å². The van der Waals surface area contributed by atoms with Gasteiger partial charge in [0.05, 0.1) is 24.5 Å². The minimum absolute atomic E-state index is 0.0883. The number of hydrogen-bond donors (Lipinski definition) is 2. The first-order valence-electron chi connectivity index (χ1n) is 20.0. The number of ether oxygens (including phenoxy) is 1. The first-order chi connectivity index (χ1) is 23.3. The molecule has 2 N–H and O–H groups in total. The summed E-state index contributed by atoms with van der Waals surface area (Å²) in [6.07, 6.45) is 9.52. The van der Waals surface area contributed by atoms with Crippen molar-refractivity contribution >= 4 is 9.84 Å². The van der Waals surface area contributed by atoms with E-state index in [0.717, 1.165) is 38.2 Å². The van der Waals surface area contributed by atoms with E-state index in [1.807, 2.05) is 6.92 Å². The van der Waals surface area contributed by atoms with Crippen LogP contribution in [0.1, 0.15) is 126 Å². The highest BCUT2D eigenvalue weighted by molar-refractivity contribution is 7.91. The molecule has 0 aromatic carbocycles. The van der Waals surface area contributed by atoms with Crippen LogP contribution in [-0.4, -0.2) is 58.9 Å². The average Bonchev–Trinajstić information content (AvgIpc) is 3.41. The zero-order chi connectivity index (χ0) is 36.8. The second-order valence-corrected chi connectivity index (χ2v) is 20.7. The highest BCUT2D eigenvalue weighted by Gasteiger charge is 2.71. The number of fused-ring (bicyclic) bond motifs is 7. The molecule has 0 amide bonds. The Kier molecular flexibility index (Phi) is 11.8. The molecule has 0 heterocycles. The van der Waals surface area contributed by atoms with Crippen molar-refractivity contribution in [2.45, 2.75) is 132 Å². The summed E-state index contributed by atoms with van der Waals surface area (Å²) in [6, 6.07) is 0. The molecule has 5 aliphatic carbocycles. The lowest BCUT2D eigenvalue weighted by atomic mass is 9.32. The van der Waals surface area contributed by atoms with Crippen LogP contribution < -0.4 is 10.6 Å². The molecule has 5 rings (SSSR count). The van der Waals surface area contributed by atoms with Gasteiger partial charge in [-0.3, -0.25) is 0 Å². The van der Waals surface area contributed by atoms with Crippen LogP contribution >= 0.6 is 0 Å². The standard InChI is InChI=1S/C41H69F3N2O3S/c1-9-26-50(47,48)27-24-45-22-23-46-28-39-17-13-30(29(3)4)35(39)31-11-12-33-37(7)16-15-34(49-25-21-41(42,43)44)36(5,6)32(37)14-18-40(33,10-2)38(31,8)19-20-39/h15,30-33,35,45-46H,3,9-14,16-28H2,1-2,4-8H3/t30-,31+,32?,33?,35?,37-,38+,39+,40+/m0/s1. The average molecular weight is 727 g/mol. The Morgan fingerprint density at radius 3 is 2.32 bits per heavy atom. The summed E-state index contributed by atoms with van der Waals surface area (Å²) in [7, 11) is -2.96. The molecule has 5 aliphatic rings. The Morgan fingerprint density at radius 2 is 1.66 bits per heavy atom. The smallest absolute Gasteiger partial charge is 0.392 e. The van der Waals surface area contributed by atoms with E-state index in [1.54, 1.807) is 0 Å². The van der Waals surface area contributed by atoms with Crippen molar-refractivity contribution in [1.82, 2.24) is 10.6 Å². The van der Waals surface area contributed by atoms with Gasteiger partial charge in [0, 0.05) is 37.3 Å². The van der Waals surface area contributed by atoms with Gasteiger partial charge in [-0.15, -0.1) is 0 Å². The van der Waals surface area contributed by atoms with Gasteiger partial charge in [0.15, 0.2) is 9.84 Å². The summed E-state index contributed by atoms with van der Waals surface area (Å²) in [5.41, 5.74) is 1.87. The number of halogens is 3. The lowest BCUT2D eigenvalue weighted by molar-refractivity contribution is -0.238. The molecule has 0 spiro atoms. The highest BCUT2D eigenvalue weighted by Crippen LogP contribution is 2.78. The summed E-state index contributed by atoms with van der Waals surface area (Å²) in [6.45, 7) is 23.7. The van der Waals surface area contributed by atoms with Gasteiger partial charge in [-0.1, -0.05) is 53.7 Å². The molecule has 9 heteroatoms. The first kappa shape index (κ1) is 40.1. The van der Waals surface area contributed by atoms with Gasteiger partial charge in [-0.2, -0.15) is 13.2 Å². The minimum Gasteiger partial charge on any atom is -0.497 e. The van der Waals surface area contributed by atoms with Gasteiger partial charge in [0.25, 0.3) is 0 Å². The lowest BCUT2D eigenvalue weighted by Gasteiger charge is -2.73. The predicted octanol–water partition coefficient (Wildman–Crippen LogP) is 9.50. The number of alkyl halides is 3. The van der Waals surface area contributed by atoms with E-state index >= 15 is 0 Å². The molecular formula is C41H69F3N2O3S. The third-order valence-electron chi connectivity index (χ3n) is 15.7. The van der Waals surface area contributed by atoms with Crippen LogP contribution in [0.15, 0.2) is 24.0 Å². The van der Waals surface area contributed by atoms with E-state index in [-0.39, 0.29) is 45.2 Å². The fraction of sp³-hybridized carbons (Fsp3) is 0.902.